The van der Waals surface area contributed by atoms with Crippen LogP contribution in [0.1, 0.15) is 0 Å². The lowest BCUT2D eigenvalue weighted by atomic mass is 10.4. The molecule has 1 heterocycles. The zero-order valence-corrected chi connectivity index (χ0v) is 8.75. The minimum Gasteiger partial charge on any atom is -0.395 e. The van der Waals surface area contributed by atoms with Gasteiger partial charge in [0.1, 0.15) is 11.2 Å². The molecular formula is C7H8N2O3S2. The summed E-state index contributed by atoms with van der Waals surface area (Å²) in [5, 5.41) is 19.5. The molecule has 1 N–H and O–H groups in total. The molecule has 0 bridgehead atoms. The van der Waals surface area contributed by atoms with E-state index < -0.39 is 4.92 Å². The van der Waals surface area contributed by atoms with E-state index in [2.05, 4.69) is 4.98 Å². The molecule has 1 aromatic rings. The standard InChI is InChI=1S/C7H8N2O3S2/c10-3-4-13-14-7-2-1-6(5-8-7)9(11)12/h1-2,5,10H,3-4H2. The van der Waals surface area contributed by atoms with Crippen molar-refractivity contribution in [1.82, 2.24) is 4.98 Å². The van der Waals surface area contributed by atoms with Crippen LogP contribution in [0.2, 0.25) is 0 Å². The molecule has 0 amide bonds. The van der Waals surface area contributed by atoms with Crippen LogP contribution < -0.4 is 0 Å². The molecule has 0 saturated carbocycles. The Kier molecular flexibility index (Phi) is 4.71. The second kappa shape index (κ2) is 5.84. The van der Waals surface area contributed by atoms with Crippen LogP contribution >= 0.6 is 21.6 Å². The Morgan fingerprint density at radius 2 is 2.36 bits per heavy atom. The van der Waals surface area contributed by atoms with E-state index in [0.717, 1.165) is 0 Å². The first-order valence-electron chi connectivity index (χ1n) is 3.75. The number of nitrogens with zero attached hydrogens (tertiary/aromatic N) is 2. The monoisotopic (exact) mass is 232 g/mol. The van der Waals surface area contributed by atoms with Crippen molar-refractivity contribution in [2.75, 3.05) is 12.4 Å². The molecule has 0 fully saturated rings. The Hall–Kier alpha value is -0.790. The highest BCUT2D eigenvalue weighted by atomic mass is 33.1. The highest BCUT2D eigenvalue weighted by Crippen LogP contribution is 2.29. The lowest BCUT2D eigenvalue weighted by molar-refractivity contribution is -0.385. The SMILES string of the molecule is O=[N+]([O-])c1ccc(SSCCO)nc1. The Bertz CT molecular complexity index is 304. The molecule has 0 aliphatic heterocycles. The van der Waals surface area contributed by atoms with Crippen molar-refractivity contribution < 1.29 is 10.0 Å². The highest BCUT2D eigenvalue weighted by Gasteiger charge is 2.05. The van der Waals surface area contributed by atoms with Crippen molar-refractivity contribution in [3.8, 4) is 0 Å². The Morgan fingerprint density at radius 1 is 1.57 bits per heavy atom. The number of rotatable bonds is 5. The molecule has 7 heteroatoms. The maximum atomic E-state index is 10.3. The molecule has 0 unspecified atom stereocenters. The first-order valence-corrected chi connectivity index (χ1v) is 6.06. The van der Waals surface area contributed by atoms with Crippen LogP contribution in [0.5, 0.6) is 0 Å². The van der Waals surface area contributed by atoms with Gasteiger partial charge in [-0.1, -0.05) is 10.8 Å². The van der Waals surface area contributed by atoms with Crippen LogP contribution in [-0.4, -0.2) is 27.4 Å². The van der Waals surface area contributed by atoms with Gasteiger partial charge in [0.15, 0.2) is 0 Å². The number of pyridine rings is 1. The summed E-state index contributed by atoms with van der Waals surface area (Å²) in [6.45, 7) is 0.116. The number of hydrogen-bond acceptors (Lipinski definition) is 6. The first kappa shape index (κ1) is 11.3. The van der Waals surface area contributed by atoms with Gasteiger partial charge in [-0.3, -0.25) is 10.1 Å². The van der Waals surface area contributed by atoms with Gasteiger partial charge < -0.3 is 5.11 Å². The van der Waals surface area contributed by atoms with E-state index in [0.29, 0.717) is 10.8 Å². The van der Waals surface area contributed by atoms with Crippen LogP contribution in [-0.2, 0) is 0 Å². The predicted octanol–water partition coefficient (Wildman–Crippen LogP) is 1.72. The number of aromatic nitrogens is 1. The quantitative estimate of drug-likeness (QED) is 0.360. The second-order valence-corrected chi connectivity index (χ2v) is 4.68. The molecule has 0 aromatic carbocycles. The summed E-state index contributed by atoms with van der Waals surface area (Å²) in [4.78, 5) is 13.7. The van der Waals surface area contributed by atoms with Gasteiger partial charge in [-0.25, -0.2) is 4.98 Å². The third-order valence-electron chi connectivity index (χ3n) is 1.25. The predicted molar refractivity (Wildman–Crippen MR) is 56.3 cm³/mol. The van der Waals surface area contributed by atoms with Gasteiger partial charge in [0.25, 0.3) is 5.69 Å². The van der Waals surface area contributed by atoms with E-state index in [9.17, 15) is 10.1 Å². The molecule has 14 heavy (non-hydrogen) atoms. The number of aliphatic hydroxyl groups is 1. The van der Waals surface area contributed by atoms with Crippen LogP contribution in [0.25, 0.3) is 0 Å². The van der Waals surface area contributed by atoms with Gasteiger partial charge in [-0.2, -0.15) is 0 Å². The fraction of sp³-hybridized carbons (Fsp3) is 0.286. The van der Waals surface area contributed by atoms with Gasteiger partial charge >= 0.3 is 0 Å². The molecule has 5 nitrogen and oxygen atoms in total. The minimum atomic E-state index is -0.484. The van der Waals surface area contributed by atoms with E-state index in [4.69, 9.17) is 5.11 Å². The molecule has 0 saturated heterocycles. The maximum absolute atomic E-state index is 10.3. The molecule has 0 aliphatic carbocycles. The molecule has 0 aliphatic rings. The zero-order valence-electron chi connectivity index (χ0n) is 7.12. The first-order chi connectivity index (χ1) is 6.74. The van der Waals surface area contributed by atoms with Crippen molar-refractivity contribution in [1.29, 1.82) is 0 Å². The highest BCUT2D eigenvalue weighted by molar-refractivity contribution is 8.76. The lowest BCUT2D eigenvalue weighted by Gasteiger charge is -1.97. The average Bonchev–Trinajstić information content (AvgIpc) is 2.19. The topological polar surface area (TPSA) is 76.3 Å². The normalized spacial score (nSPS) is 10.1. The van der Waals surface area contributed by atoms with Crippen molar-refractivity contribution in [3.63, 3.8) is 0 Å². The number of nitro groups is 1. The van der Waals surface area contributed by atoms with Crippen LogP contribution in [0, 0.1) is 10.1 Å². The van der Waals surface area contributed by atoms with Crippen molar-refractivity contribution >= 4 is 27.3 Å². The Morgan fingerprint density at radius 3 is 2.86 bits per heavy atom. The van der Waals surface area contributed by atoms with Gasteiger partial charge in [0.05, 0.1) is 11.5 Å². The fourth-order valence-electron chi connectivity index (χ4n) is 0.669. The summed E-state index contributed by atoms with van der Waals surface area (Å²) in [5.74, 6) is 0.614. The molecule has 76 valence electrons. The summed E-state index contributed by atoms with van der Waals surface area (Å²) in [7, 11) is 2.84. The Labute approximate surface area is 88.5 Å². The Balaban J connectivity index is 2.51. The zero-order chi connectivity index (χ0) is 10.4. The van der Waals surface area contributed by atoms with Crippen molar-refractivity contribution in [3.05, 3.63) is 28.4 Å². The van der Waals surface area contributed by atoms with Gasteiger partial charge in [-0.15, -0.1) is 0 Å². The van der Waals surface area contributed by atoms with Gasteiger partial charge in [0.2, 0.25) is 0 Å². The summed E-state index contributed by atoms with van der Waals surface area (Å²) in [5.41, 5.74) is -0.0125. The maximum Gasteiger partial charge on any atom is 0.287 e. The van der Waals surface area contributed by atoms with E-state index in [1.165, 1.54) is 33.9 Å². The number of aliphatic hydroxyl groups excluding tert-OH is 1. The molecule has 1 rings (SSSR count). The van der Waals surface area contributed by atoms with Crippen molar-refractivity contribution in [2.24, 2.45) is 0 Å². The summed E-state index contributed by atoms with van der Waals surface area (Å²) < 4.78 is 0. The third-order valence-corrected chi connectivity index (χ3v) is 3.50. The van der Waals surface area contributed by atoms with E-state index >= 15 is 0 Å². The summed E-state index contributed by atoms with van der Waals surface area (Å²) in [6, 6.07) is 3.00. The fourth-order valence-corrected chi connectivity index (χ4v) is 2.30. The lowest BCUT2D eigenvalue weighted by Crippen LogP contribution is -1.89. The summed E-state index contributed by atoms with van der Waals surface area (Å²) >= 11 is 0. The smallest absolute Gasteiger partial charge is 0.287 e. The van der Waals surface area contributed by atoms with E-state index in [-0.39, 0.29) is 12.3 Å². The van der Waals surface area contributed by atoms with Crippen LogP contribution in [0.4, 0.5) is 5.69 Å². The number of hydrogen-bond donors (Lipinski definition) is 1. The van der Waals surface area contributed by atoms with E-state index in [1.807, 2.05) is 0 Å². The molecule has 0 radical (unpaired) electrons. The third kappa shape index (κ3) is 3.52. The van der Waals surface area contributed by atoms with E-state index in [1.54, 1.807) is 6.07 Å². The molecular weight excluding hydrogens is 224 g/mol. The summed E-state index contributed by atoms with van der Waals surface area (Å²) in [6.07, 6.45) is 1.22. The average molecular weight is 232 g/mol. The molecule has 0 atom stereocenters. The molecule has 0 spiro atoms. The van der Waals surface area contributed by atoms with Crippen molar-refractivity contribution in [2.45, 2.75) is 5.03 Å². The minimum absolute atomic E-state index is 0.0125. The largest absolute Gasteiger partial charge is 0.395 e. The molecule has 1 aromatic heterocycles. The van der Waals surface area contributed by atoms with Crippen LogP contribution in [0.3, 0.4) is 0 Å². The van der Waals surface area contributed by atoms with Crippen LogP contribution in [0.15, 0.2) is 23.4 Å². The van der Waals surface area contributed by atoms with Gasteiger partial charge in [-0.05, 0) is 16.9 Å². The second-order valence-electron chi connectivity index (χ2n) is 2.24. The van der Waals surface area contributed by atoms with Gasteiger partial charge in [0, 0.05) is 11.8 Å².